The van der Waals surface area contributed by atoms with Crippen LogP contribution in [0.2, 0.25) is 0 Å². The highest BCUT2D eigenvalue weighted by Gasteiger charge is 2.30. The maximum Gasteiger partial charge on any atom is 0.227 e. The van der Waals surface area contributed by atoms with Crippen LogP contribution < -0.4 is 4.90 Å². The second-order valence-corrected chi connectivity index (χ2v) is 4.94. The fraction of sp³-hybridized carbons (Fsp3) is 0.250. The molecule has 0 saturated carbocycles. The fourth-order valence-electron chi connectivity index (χ4n) is 2.59. The molecule has 2 aromatic rings. The molecule has 3 heteroatoms. The van der Waals surface area contributed by atoms with Crippen molar-refractivity contribution < 1.29 is 4.79 Å². The predicted molar refractivity (Wildman–Crippen MR) is 74.8 cm³/mol. The summed E-state index contributed by atoms with van der Waals surface area (Å²) in [6.45, 7) is 0.791. The lowest BCUT2D eigenvalue weighted by Gasteiger charge is -2.16. The van der Waals surface area contributed by atoms with Crippen molar-refractivity contribution in [1.82, 2.24) is 4.98 Å². The largest absolute Gasteiger partial charge is 0.312 e. The number of nitrogens with zero attached hydrogens (tertiary/aromatic N) is 2. The molecule has 2 heterocycles. The number of carbonyl (C=O) groups is 1. The average Bonchev–Trinajstić information content (AvgIpc) is 2.82. The van der Waals surface area contributed by atoms with Gasteiger partial charge in [0.25, 0.3) is 0 Å². The molecule has 0 aliphatic carbocycles. The first-order valence-electron chi connectivity index (χ1n) is 6.58. The summed E-state index contributed by atoms with van der Waals surface area (Å²) in [5, 5.41) is 0. The number of aromatic nitrogens is 1. The Morgan fingerprint density at radius 3 is 2.63 bits per heavy atom. The van der Waals surface area contributed by atoms with Gasteiger partial charge in [0, 0.05) is 30.5 Å². The van der Waals surface area contributed by atoms with Gasteiger partial charge < -0.3 is 4.90 Å². The van der Waals surface area contributed by atoms with Crippen molar-refractivity contribution in [3.05, 3.63) is 60.4 Å². The molecule has 0 unspecified atom stereocenters. The molecule has 19 heavy (non-hydrogen) atoms. The van der Waals surface area contributed by atoms with E-state index in [2.05, 4.69) is 4.98 Å². The van der Waals surface area contributed by atoms with Gasteiger partial charge in [-0.15, -0.1) is 0 Å². The van der Waals surface area contributed by atoms with Crippen LogP contribution in [-0.4, -0.2) is 17.4 Å². The molecule has 3 nitrogen and oxygen atoms in total. The molecule has 1 atom stereocenters. The van der Waals surface area contributed by atoms with Gasteiger partial charge in [-0.25, -0.2) is 0 Å². The molecule has 3 rings (SSSR count). The van der Waals surface area contributed by atoms with Gasteiger partial charge in [0.15, 0.2) is 0 Å². The minimum absolute atomic E-state index is 0.215. The van der Waals surface area contributed by atoms with E-state index in [1.54, 1.807) is 6.20 Å². The number of carbonyl (C=O) groups excluding carboxylic acids is 1. The summed E-state index contributed by atoms with van der Waals surface area (Å²) >= 11 is 0. The minimum Gasteiger partial charge on any atom is -0.312 e. The van der Waals surface area contributed by atoms with Crippen LogP contribution in [0.15, 0.2) is 54.7 Å². The predicted octanol–water partition coefficient (Wildman–Crippen LogP) is 2.68. The Balaban J connectivity index is 1.70. The first-order chi connectivity index (χ1) is 9.33. The summed E-state index contributed by atoms with van der Waals surface area (Å²) in [4.78, 5) is 18.3. The van der Waals surface area contributed by atoms with Gasteiger partial charge in [-0.3, -0.25) is 9.78 Å². The molecule has 96 valence electrons. The Morgan fingerprint density at radius 1 is 1.11 bits per heavy atom. The zero-order valence-corrected chi connectivity index (χ0v) is 10.7. The van der Waals surface area contributed by atoms with Crippen molar-refractivity contribution >= 4 is 11.6 Å². The molecule has 1 aromatic carbocycles. The van der Waals surface area contributed by atoms with Gasteiger partial charge in [0.05, 0.1) is 0 Å². The lowest BCUT2D eigenvalue weighted by Crippen LogP contribution is -2.24. The third kappa shape index (κ3) is 2.65. The molecule has 0 radical (unpaired) electrons. The number of amides is 1. The molecule has 1 aliphatic rings. The maximum absolute atomic E-state index is 12.1. The van der Waals surface area contributed by atoms with Gasteiger partial charge in [-0.05, 0) is 36.6 Å². The highest BCUT2D eigenvalue weighted by Crippen LogP contribution is 2.26. The van der Waals surface area contributed by atoms with Crippen LogP contribution in [0.1, 0.15) is 12.1 Å². The molecule has 0 spiro atoms. The lowest BCUT2D eigenvalue weighted by molar-refractivity contribution is -0.117. The second kappa shape index (κ2) is 5.22. The molecule has 1 amide bonds. The highest BCUT2D eigenvalue weighted by atomic mass is 16.2. The van der Waals surface area contributed by atoms with Crippen LogP contribution in [-0.2, 0) is 11.2 Å². The molecule has 0 bridgehead atoms. The smallest absolute Gasteiger partial charge is 0.227 e. The zero-order valence-electron chi connectivity index (χ0n) is 10.7. The van der Waals surface area contributed by atoms with Crippen LogP contribution >= 0.6 is 0 Å². The van der Waals surface area contributed by atoms with E-state index in [1.165, 1.54) is 0 Å². The lowest BCUT2D eigenvalue weighted by atomic mass is 10.0. The van der Waals surface area contributed by atoms with E-state index in [1.807, 2.05) is 53.4 Å². The van der Waals surface area contributed by atoms with Crippen LogP contribution in [0, 0.1) is 5.92 Å². The van der Waals surface area contributed by atoms with E-state index in [0.717, 1.165) is 24.3 Å². The summed E-state index contributed by atoms with van der Waals surface area (Å²) in [6.07, 6.45) is 3.29. The van der Waals surface area contributed by atoms with Crippen LogP contribution in [0.5, 0.6) is 0 Å². The number of hydrogen-bond donors (Lipinski definition) is 0. The SMILES string of the molecule is O=C1C[C@@H](Cc2ccccn2)CN1c1ccccc1. The number of hydrogen-bond acceptors (Lipinski definition) is 2. The fourth-order valence-corrected chi connectivity index (χ4v) is 2.59. The number of para-hydroxylation sites is 1. The standard InChI is InChI=1S/C16H16N2O/c19-16-11-13(10-14-6-4-5-9-17-14)12-18(16)15-7-2-1-3-8-15/h1-9,13H,10-12H2/t13-/m1/s1. The highest BCUT2D eigenvalue weighted by molar-refractivity contribution is 5.95. The molecule has 1 aromatic heterocycles. The molecular formula is C16H16N2O. The van der Waals surface area contributed by atoms with Gasteiger partial charge in [0.2, 0.25) is 5.91 Å². The van der Waals surface area contributed by atoms with Crippen molar-refractivity contribution in [3.63, 3.8) is 0 Å². The van der Waals surface area contributed by atoms with Crippen molar-refractivity contribution in [1.29, 1.82) is 0 Å². The quantitative estimate of drug-likeness (QED) is 0.841. The first kappa shape index (κ1) is 11.9. The van der Waals surface area contributed by atoms with Crippen molar-refractivity contribution in [2.45, 2.75) is 12.8 Å². The molecule has 0 N–H and O–H groups in total. The van der Waals surface area contributed by atoms with Gasteiger partial charge in [-0.1, -0.05) is 24.3 Å². The summed E-state index contributed by atoms with van der Waals surface area (Å²) in [5.74, 6) is 0.578. The van der Waals surface area contributed by atoms with E-state index < -0.39 is 0 Å². The second-order valence-electron chi connectivity index (χ2n) is 4.94. The maximum atomic E-state index is 12.1. The van der Waals surface area contributed by atoms with Crippen molar-refractivity contribution in [2.75, 3.05) is 11.4 Å². The summed E-state index contributed by atoms with van der Waals surface area (Å²) < 4.78 is 0. The Morgan fingerprint density at radius 2 is 1.89 bits per heavy atom. The monoisotopic (exact) mass is 252 g/mol. The van der Waals surface area contributed by atoms with E-state index in [-0.39, 0.29) is 5.91 Å². The minimum atomic E-state index is 0.215. The summed E-state index contributed by atoms with van der Waals surface area (Å²) in [7, 11) is 0. The molecular weight excluding hydrogens is 236 g/mol. The number of pyridine rings is 1. The zero-order chi connectivity index (χ0) is 13.1. The van der Waals surface area contributed by atoms with E-state index in [9.17, 15) is 4.79 Å². The van der Waals surface area contributed by atoms with Crippen LogP contribution in [0.25, 0.3) is 0 Å². The van der Waals surface area contributed by atoms with Crippen molar-refractivity contribution in [3.8, 4) is 0 Å². The number of benzene rings is 1. The normalized spacial score (nSPS) is 18.8. The molecule has 1 saturated heterocycles. The topological polar surface area (TPSA) is 33.2 Å². The Hall–Kier alpha value is -2.16. The molecule has 1 aliphatic heterocycles. The van der Waals surface area contributed by atoms with Crippen LogP contribution in [0.4, 0.5) is 5.69 Å². The Bertz CT molecular complexity index is 553. The van der Waals surface area contributed by atoms with Gasteiger partial charge in [0.1, 0.15) is 0 Å². The Kier molecular flexibility index (Phi) is 3.27. The third-order valence-electron chi connectivity index (χ3n) is 3.50. The number of rotatable bonds is 3. The Labute approximate surface area is 112 Å². The molecule has 1 fully saturated rings. The van der Waals surface area contributed by atoms with Crippen molar-refractivity contribution in [2.24, 2.45) is 5.92 Å². The van der Waals surface area contributed by atoms with Crippen LogP contribution in [0.3, 0.4) is 0 Å². The summed E-state index contributed by atoms with van der Waals surface area (Å²) in [6, 6.07) is 15.8. The van der Waals surface area contributed by atoms with Gasteiger partial charge >= 0.3 is 0 Å². The van der Waals surface area contributed by atoms with E-state index in [0.29, 0.717) is 12.3 Å². The first-order valence-corrected chi connectivity index (χ1v) is 6.58. The van der Waals surface area contributed by atoms with E-state index >= 15 is 0 Å². The van der Waals surface area contributed by atoms with E-state index in [4.69, 9.17) is 0 Å². The van der Waals surface area contributed by atoms with Gasteiger partial charge in [-0.2, -0.15) is 0 Å². The average molecular weight is 252 g/mol. The third-order valence-corrected chi connectivity index (χ3v) is 3.50. The number of anilines is 1. The summed E-state index contributed by atoms with van der Waals surface area (Å²) in [5.41, 5.74) is 2.06.